The Labute approximate surface area is 169 Å². The second kappa shape index (κ2) is 8.91. The highest BCUT2D eigenvalue weighted by Crippen LogP contribution is 2.24. The first-order valence-corrected chi connectivity index (χ1v) is 9.01. The van der Waals surface area contributed by atoms with Crippen LogP contribution in [0.3, 0.4) is 0 Å². The Morgan fingerprint density at radius 2 is 1.75 bits per heavy atom. The summed E-state index contributed by atoms with van der Waals surface area (Å²) in [5.41, 5.74) is 2.27. The number of piperazine rings is 1. The average Bonchev–Trinajstić information content (AvgIpc) is 3.19. The minimum absolute atomic E-state index is 0. The smallest absolute Gasteiger partial charge is 0.276 e. The van der Waals surface area contributed by atoms with Crippen LogP contribution in [0.25, 0.3) is 11.3 Å². The van der Waals surface area contributed by atoms with Crippen LogP contribution in [-0.2, 0) is 6.54 Å². The number of benzene rings is 2. The molecule has 146 valence electrons. The molecule has 1 amide bonds. The van der Waals surface area contributed by atoms with Crippen molar-refractivity contribution in [3.63, 3.8) is 0 Å². The molecule has 0 aliphatic carbocycles. The molecule has 1 aliphatic rings. The number of aromatic nitrogens is 1. The predicted octanol–water partition coefficient (Wildman–Crippen LogP) is 3.43. The Kier molecular flexibility index (Phi) is 6.34. The van der Waals surface area contributed by atoms with Gasteiger partial charge in [0.15, 0.2) is 11.5 Å². The number of rotatable bonds is 4. The molecule has 0 unspecified atom stereocenters. The summed E-state index contributed by atoms with van der Waals surface area (Å²) in [4.78, 5) is 16.9. The molecule has 6 nitrogen and oxygen atoms in total. The highest BCUT2D eigenvalue weighted by atomic mass is 35.5. The van der Waals surface area contributed by atoms with Crippen molar-refractivity contribution in [2.24, 2.45) is 0 Å². The van der Waals surface area contributed by atoms with E-state index in [0.29, 0.717) is 30.1 Å². The molecule has 4 rings (SSSR count). The molecular weight excluding hydrogens is 378 g/mol. The van der Waals surface area contributed by atoms with Gasteiger partial charge in [0, 0.05) is 44.4 Å². The normalized spacial score (nSPS) is 14.5. The van der Waals surface area contributed by atoms with Crippen molar-refractivity contribution in [3.05, 3.63) is 71.9 Å². The van der Waals surface area contributed by atoms with Crippen LogP contribution in [0.5, 0.6) is 5.75 Å². The van der Waals surface area contributed by atoms with Crippen LogP contribution in [0.15, 0.2) is 65.2 Å². The van der Waals surface area contributed by atoms with E-state index in [2.05, 4.69) is 22.2 Å². The summed E-state index contributed by atoms with van der Waals surface area (Å²) >= 11 is 0. The molecule has 0 atom stereocenters. The number of nitrogens with zero attached hydrogens (tertiary/aromatic N) is 3. The summed E-state index contributed by atoms with van der Waals surface area (Å²) in [6.07, 6.45) is 0. The summed E-state index contributed by atoms with van der Waals surface area (Å²) in [7, 11) is 0. The highest BCUT2D eigenvalue weighted by Gasteiger charge is 2.24. The third-order valence-corrected chi connectivity index (χ3v) is 4.77. The number of aromatic hydroxyl groups is 1. The van der Waals surface area contributed by atoms with Crippen LogP contribution < -0.4 is 0 Å². The van der Waals surface area contributed by atoms with E-state index in [4.69, 9.17) is 4.52 Å². The first kappa shape index (κ1) is 19.9. The SMILES string of the molecule is Cl.O=C(c1cc(-c2cccc(O)c2)on1)N1CCN(Cc2ccccc2)CC1. The second-order valence-electron chi connectivity index (χ2n) is 6.68. The summed E-state index contributed by atoms with van der Waals surface area (Å²) in [6, 6.07) is 18.7. The summed E-state index contributed by atoms with van der Waals surface area (Å²) in [5, 5.41) is 13.5. The zero-order valence-corrected chi connectivity index (χ0v) is 16.1. The molecule has 1 aromatic heterocycles. The molecule has 1 saturated heterocycles. The fraction of sp³-hybridized carbons (Fsp3) is 0.238. The van der Waals surface area contributed by atoms with Gasteiger partial charge in [0.05, 0.1) is 0 Å². The molecule has 7 heteroatoms. The van der Waals surface area contributed by atoms with Crippen molar-refractivity contribution in [2.75, 3.05) is 26.2 Å². The second-order valence-corrected chi connectivity index (χ2v) is 6.68. The van der Waals surface area contributed by atoms with E-state index in [0.717, 1.165) is 19.6 Å². The third kappa shape index (κ3) is 4.52. The van der Waals surface area contributed by atoms with E-state index in [-0.39, 0.29) is 24.1 Å². The Bertz CT molecular complexity index is 921. The van der Waals surface area contributed by atoms with Crippen molar-refractivity contribution in [1.29, 1.82) is 0 Å². The molecule has 28 heavy (non-hydrogen) atoms. The summed E-state index contributed by atoms with van der Waals surface area (Å²) < 4.78 is 5.30. The first-order valence-electron chi connectivity index (χ1n) is 9.01. The minimum Gasteiger partial charge on any atom is -0.508 e. The molecule has 2 heterocycles. The lowest BCUT2D eigenvalue weighted by molar-refractivity contribution is 0.0618. The van der Waals surface area contributed by atoms with Crippen molar-refractivity contribution >= 4 is 18.3 Å². The number of carbonyl (C=O) groups is 1. The molecule has 0 bridgehead atoms. The molecule has 0 spiro atoms. The molecule has 1 N–H and O–H groups in total. The van der Waals surface area contributed by atoms with Gasteiger partial charge in [0.25, 0.3) is 5.91 Å². The zero-order chi connectivity index (χ0) is 18.6. The van der Waals surface area contributed by atoms with Gasteiger partial charge >= 0.3 is 0 Å². The minimum atomic E-state index is -0.121. The van der Waals surface area contributed by atoms with Gasteiger partial charge in [0.2, 0.25) is 0 Å². The number of phenols is 1. The van der Waals surface area contributed by atoms with Gasteiger partial charge in [-0.15, -0.1) is 12.4 Å². The monoisotopic (exact) mass is 399 g/mol. The average molecular weight is 400 g/mol. The van der Waals surface area contributed by atoms with Gasteiger partial charge in [-0.25, -0.2) is 0 Å². The van der Waals surface area contributed by atoms with E-state index in [1.807, 2.05) is 23.1 Å². The Morgan fingerprint density at radius 1 is 1.00 bits per heavy atom. The topological polar surface area (TPSA) is 69.8 Å². The van der Waals surface area contributed by atoms with E-state index < -0.39 is 0 Å². The van der Waals surface area contributed by atoms with Gasteiger partial charge in [-0.05, 0) is 17.7 Å². The number of hydrogen-bond donors (Lipinski definition) is 1. The number of amides is 1. The lowest BCUT2D eigenvalue weighted by atomic mass is 10.1. The van der Waals surface area contributed by atoms with E-state index in [9.17, 15) is 9.90 Å². The van der Waals surface area contributed by atoms with Crippen LogP contribution in [-0.4, -0.2) is 52.1 Å². The lowest BCUT2D eigenvalue weighted by Crippen LogP contribution is -2.48. The number of carbonyl (C=O) groups excluding carboxylic acids is 1. The van der Waals surface area contributed by atoms with E-state index in [1.165, 1.54) is 5.56 Å². The largest absolute Gasteiger partial charge is 0.508 e. The predicted molar refractivity (Wildman–Crippen MR) is 108 cm³/mol. The maximum Gasteiger partial charge on any atom is 0.276 e. The number of hydrogen-bond acceptors (Lipinski definition) is 5. The Morgan fingerprint density at radius 3 is 2.46 bits per heavy atom. The van der Waals surface area contributed by atoms with Crippen molar-refractivity contribution < 1.29 is 14.4 Å². The van der Waals surface area contributed by atoms with Gasteiger partial charge in [-0.3, -0.25) is 9.69 Å². The molecule has 1 aliphatic heterocycles. The van der Waals surface area contributed by atoms with E-state index >= 15 is 0 Å². The highest BCUT2D eigenvalue weighted by molar-refractivity contribution is 5.93. The van der Waals surface area contributed by atoms with Crippen LogP contribution >= 0.6 is 12.4 Å². The molecule has 0 saturated carbocycles. The molecule has 1 fully saturated rings. The van der Waals surface area contributed by atoms with Crippen LogP contribution in [0.1, 0.15) is 16.1 Å². The fourth-order valence-corrected chi connectivity index (χ4v) is 3.28. The molecular formula is C21H22ClN3O3. The molecule has 3 aromatic rings. The molecule has 2 aromatic carbocycles. The Balaban J connectivity index is 0.00000225. The van der Waals surface area contributed by atoms with E-state index in [1.54, 1.807) is 30.3 Å². The maximum atomic E-state index is 12.7. The van der Waals surface area contributed by atoms with Gasteiger partial charge in [-0.1, -0.05) is 47.6 Å². The maximum absolute atomic E-state index is 12.7. The quantitative estimate of drug-likeness (QED) is 0.727. The van der Waals surface area contributed by atoms with Crippen LogP contribution in [0.2, 0.25) is 0 Å². The van der Waals surface area contributed by atoms with Gasteiger partial charge in [-0.2, -0.15) is 0 Å². The standard InChI is InChI=1S/C21H21N3O3.ClH/c25-18-8-4-7-17(13-18)20-14-19(22-27-20)21(26)24-11-9-23(10-12-24)15-16-5-2-1-3-6-16;/h1-8,13-14,25H,9-12,15H2;1H. The van der Waals surface area contributed by atoms with Gasteiger partial charge in [0.1, 0.15) is 5.75 Å². The summed E-state index contributed by atoms with van der Waals surface area (Å²) in [6.45, 7) is 3.89. The summed E-state index contributed by atoms with van der Waals surface area (Å²) in [5.74, 6) is 0.493. The first-order chi connectivity index (χ1) is 13.2. The fourth-order valence-electron chi connectivity index (χ4n) is 3.28. The van der Waals surface area contributed by atoms with Crippen LogP contribution in [0.4, 0.5) is 0 Å². The zero-order valence-electron chi connectivity index (χ0n) is 15.3. The van der Waals surface area contributed by atoms with Crippen LogP contribution in [0, 0.1) is 0 Å². The number of halogens is 1. The van der Waals surface area contributed by atoms with Crippen molar-refractivity contribution in [2.45, 2.75) is 6.54 Å². The number of phenolic OH excluding ortho intramolecular Hbond substituents is 1. The lowest BCUT2D eigenvalue weighted by Gasteiger charge is -2.34. The van der Waals surface area contributed by atoms with Crippen molar-refractivity contribution in [3.8, 4) is 17.1 Å². The van der Waals surface area contributed by atoms with Crippen molar-refractivity contribution in [1.82, 2.24) is 15.0 Å². The Hall–Kier alpha value is -2.83. The van der Waals surface area contributed by atoms with Gasteiger partial charge < -0.3 is 14.5 Å². The molecule has 0 radical (unpaired) electrons. The third-order valence-electron chi connectivity index (χ3n) is 4.77.